The van der Waals surface area contributed by atoms with E-state index in [-0.39, 0.29) is 11.9 Å². The van der Waals surface area contributed by atoms with Gasteiger partial charge in [0.1, 0.15) is 18.1 Å². The number of benzene rings is 3. The summed E-state index contributed by atoms with van der Waals surface area (Å²) >= 11 is 0. The monoisotopic (exact) mass is 403 g/mol. The van der Waals surface area contributed by atoms with Crippen LogP contribution in [0, 0.1) is 13.8 Å². The van der Waals surface area contributed by atoms with E-state index >= 15 is 0 Å². The van der Waals surface area contributed by atoms with Crippen LogP contribution >= 0.6 is 0 Å². The third-order valence-electron chi connectivity index (χ3n) is 5.14. The Morgan fingerprint density at radius 1 is 0.933 bits per heavy atom. The summed E-state index contributed by atoms with van der Waals surface area (Å²) in [4.78, 5) is 12.8. The zero-order valence-electron chi connectivity index (χ0n) is 18.1. The largest absolute Gasteiger partial charge is 0.493 e. The molecule has 0 heterocycles. The van der Waals surface area contributed by atoms with E-state index in [1.165, 1.54) is 11.1 Å². The minimum Gasteiger partial charge on any atom is -0.493 e. The highest BCUT2D eigenvalue weighted by Gasteiger charge is 2.14. The Kier molecular flexibility index (Phi) is 7.12. The van der Waals surface area contributed by atoms with Gasteiger partial charge in [-0.1, -0.05) is 36.4 Å². The van der Waals surface area contributed by atoms with Crippen molar-refractivity contribution < 1.29 is 14.3 Å². The van der Waals surface area contributed by atoms with Crippen molar-refractivity contribution in [1.29, 1.82) is 0 Å². The molecule has 156 valence electrons. The summed E-state index contributed by atoms with van der Waals surface area (Å²) in [5, 5.41) is 3.06. The Labute approximate surface area is 178 Å². The van der Waals surface area contributed by atoms with Gasteiger partial charge in [-0.25, -0.2) is 0 Å². The maximum absolute atomic E-state index is 12.8. The van der Waals surface area contributed by atoms with Crippen LogP contribution < -0.4 is 14.8 Å². The molecule has 0 aliphatic heterocycles. The fraction of sp³-hybridized carbons (Fsp3) is 0.269. The summed E-state index contributed by atoms with van der Waals surface area (Å²) in [6, 6.07) is 21.3. The molecule has 1 atom stereocenters. The highest BCUT2D eigenvalue weighted by Crippen LogP contribution is 2.24. The minimum atomic E-state index is -0.123. The summed E-state index contributed by atoms with van der Waals surface area (Å²) in [5.74, 6) is 1.41. The number of rotatable bonds is 8. The first-order chi connectivity index (χ1) is 14.5. The fourth-order valence-corrected chi connectivity index (χ4v) is 3.20. The highest BCUT2D eigenvalue weighted by atomic mass is 16.5. The summed E-state index contributed by atoms with van der Waals surface area (Å²) < 4.78 is 11.7. The van der Waals surface area contributed by atoms with Gasteiger partial charge in [-0.15, -0.1) is 0 Å². The Morgan fingerprint density at radius 2 is 1.70 bits per heavy atom. The van der Waals surface area contributed by atoms with Gasteiger partial charge < -0.3 is 14.8 Å². The lowest BCUT2D eigenvalue weighted by Crippen LogP contribution is -2.26. The van der Waals surface area contributed by atoms with Crippen LogP contribution in [0.15, 0.2) is 66.7 Å². The Morgan fingerprint density at radius 3 is 2.40 bits per heavy atom. The van der Waals surface area contributed by atoms with Gasteiger partial charge in [0.2, 0.25) is 0 Å². The van der Waals surface area contributed by atoms with E-state index in [0.717, 1.165) is 22.6 Å². The van der Waals surface area contributed by atoms with Crippen LogP contribution in [0.1, 0.15) is 52.5 Å². The number of carbonyl (C=O) groups is 1. The number of carbonyl (C=O) groups excluding carboxylic acids is 1. The number of hydrogen-bond acceptors (Lipinski definition) is 3. The molecule has 0 aliphatic rings. The van der Waals surface area contributed by atoms with Gasteiger partial charge in [0.25, 0.3) is 5.91 Å². The number of hydrogen-bond donors (Lipinski definition) is 1. The van der Waals surface area contributed by atoms with Crippen LogP contribution in [0.3, 0.4) is 0 Å². The lowest BCUT2D eigenvalue weighted by Gasteiger charge is -2.16. The molecule has 3 aromatic carbocycles. The maximum atomic E-state index is 12.8. The number of aryl methyl sites for hydroxylation is 2. The molecule has 3 aromatic rings. The van der Waals surface area contributed by atoms with Crippen molar-refractivity contribution in [3.8, 4) is 11.5 Å². The van der Waals surface area contributed by atoms with Crippen LogP contribution in [0.25, 0.3) is 0 Å². The molecule has 1 N–H and O–H groups in total. The second kappa shape index (κ2) is 9.97. The lowest BCUT2D eigenvalue weighted by molar-refractivity contribution is 0.0939. The number of ether oxygens (including phenoxy) is 2. The summed E-state index contributed by atoms with van der Waals surface area (Å²) in [5.41, 5.74) is 4.90. The van der Waals surface area contributed by atoms with Gasteiger partial charge in [0, 0.05) is 11.1 Å². The average molecular weight is 404 g/mol. The molecule has 0 saturated carbocycles. The minimum absolute atomic E-state index is 0.0829. The quantitative estimate of drug-likeness (QED) is 0.519. The standard InChI is InChI=1S/C26H29NO3/c1-5-29-25-14-12-22(26(28)27-20(4)21-9-7-6-8-10-21)16-23(25)17-30-24-13-11-18(2)19(3)15-24/h6-16,20H,5,17H2,1-4H3,(H,27,28). The van der Waals surface area contributed by atoms with Crippen LogP contribution in [0.2, 0.25) is 0 Å². The van der Waals surface area contributed by atoms with Gasteiger partial charge in [0.15, 0.2) is 0 Å². The van der Waals surface area contributed by atoms with Gasteiger partial charge in [-0.3, -0.25) is 4.79 Å². The molecule has 30 heavy (non-hydrogen) atoms. The molecular weight excluding hydrogens is 374 g/mol. The van der Waals surface area contributed by atoms with Crippen molar-refractivity contribution in [2.24, 2.45) is 0 Å². The molecule has 0 bridgehead atoms. The van der Waals surface area contributed by atoms with E-state index in [9.17, 15) is 4.79 Å². The van der Waals surface area contributed by atoms with E-state index in [1.54, 1.807) is 6.07 Å². The first-order valence-corrected chi connectivity index (χ1v) is 10.3. The summed E-state index contributed by atoms with van der Waals surface area (Å²) in [6.45, 7) is 8.93. The summed E-state index contributed by atoms with van der Waals surface area (Å²) in [6.07, 6.45) is 0. The van der Waals surface area contributed by atoms with Crippen molar-refractivity contribution in [2.45, 2.75) is 40.3 Å². The van der Waals surface area contributed by atoms with Crippen LogP contribution in [0.5, 0.6) is 11.5 Å². The van der Waals surface area contributed by atoms with Gasteiger partial charge in [-0.05, 0) is 74.7 Å². The van der Waals surface area contributed by atoms with E-state index < -0.39 is 0 Å². The van der Waals surface area contributed by atoms with Gasteiger partial charge in [-0.2, -0.15) is 0 Å². The second-order valence-electron chi connectivity index (χ2n) is 7.40. The van der Waals surface area contributed by atoms with Gasteiger partial charge in [0.05, 0.1) is 12.6 Å². The van der Waals surface area contributed by atoms with Crippen molar-refractivity contribution in [1.82, 2.24) is 5.32 Å². The zero-order chi connectivity index (χ0) is 21.5. The number of amides is 1. The third kappa shape index (κ3) is 5.41. The normalized spacial score (nSPS) is 11.6. The molecule has 1 amide bonds. The zero-order valence-corrected chi connectivity index (χ0v) is 18.1. The van der Waals surface area contributed by atoms with E-state index in [4.69, 9.17) is 9.47 Å². The first-order valence-electron chi connectivity index (χ1n) is 10.3. The molecule has 0 fully saturated rings. The Hall–Kier alpha value is -3.27. The summed E-state index contributed by atoms with van der Waals surface area (Å²) in [7, 11) is 0. The third-order valence-corrected chi connectivity index (χ3v) is 5.14. The molecule has 0 saturated heterocycles. The predicted molar refractivity (Wildman–Crippen MR) is 120 cm³/mol. The number of nitrogens with one attached hydrogen (secondary N) is 1. The fourth-order valence-electron chi connectivity index (χ4n) is 3.20. The molecule has 4 nitrogen and oxygen atoms in total. The maximum Gasteiger partial charge on any atom is 0.251 e. The first kappa shape index (κ1) is 21.4. The predicted octanol–water partition coefficient (Wildman–Crippen LogP) is 5.77. The molecule has 0 radical (unpaired) electrons. The molecule has 0 aliphatic carbocycles. The van der Waals surface area contributed by atoms with Crippen molar-refractivity contribution in [3.63, 3.8) is 0 Å². The smallest absolute Gasteiger partial charge is 0.251 e. The Bertz CT molecular complexity index is 998. The van der Waals surface area contributed by atoms with Crippen molar-refractivity contribution >= 4 is 5.91 Å². The molecule has 0 aromatic heterocycles. The molecule has 4 heteroatoms. The SMILES string of the molecule is CCOc1ccc(C(=O)NC(C)c2ccccc2)cc1COc1ccc(C)c(C)c1. The lowest BCUT2D eigenvalue weighted by atomic mass is 10.1. The molecule has 1 unspecified atom stereocenters. The Balaban J connectivity index is 1.75. The van der Waals surface area contributed by atoms with E-state index in [0.29, 0.717) is 18.8 Å². The highest BCUT2D eigenvalue weighted by molar-refractivity contribution is 5.94. The average Bonchev–Trinajstić information content (AvgIpc) is 2.76. The van der Waals surface area contributed by atoms with Crippen molar-refractivity contribution in [3.05, 3.63) is 94.5 Å². The van der Waals surface area contributed by atoms with Crippen LogP contribution in [-0.2, 0) is 6.61 Å². The van der Waals surface area contributed by atoms with Crippen molar-refractivity contribution in [2.75, 3.05) is 6.61 Å². The topological polar surface area (TPSA) is 47.6 Å². The van der Waals surface area contributed by atoms with Gasteiger partial charge >= 0.3 is 0 Å². The molecule has 3 rings (SSSR count). The van der Waals surface area contributed by atoms with E-state index in [2.05, 4.69) is 19.2 Å². The van der Waals surface area contributed by atoms with Crippen LogP contribution in [-0.4, -0.2) is 12.5 Å². The van der Waals surface area contributed by atoms with Crippen LogP contribution in [0.4, 0.5) is 0 Å². The molecule has 0 spiro atoms. The second-order valence-corrected chi connectivity index (χ2v) is 7.40. The van der Waals surface area contributed by atoms with E-state index in [1.807, 2.05) is 74.5 Å². The molecular formula is C26H29NO3.